The number of hydrogen-bond donors (Lipinski definition) is 0. The van der Waals surface area contributed by atoms with Gasteiger partial charge < -0.3 is 4.74 Å². The molecule has 2 atom stereocenters. The van der Waals surface area contributed by atoms with E-state index < -0.39 is 0 Å². The summed E-state index contributed by atoms with van der Waals surface area (Å²) < 4.78 is 5.36. The molecule has 0 heterocycles. The first kappa shape index (κ1) is 9.53. The van der Waals surface area contributed by atoms with Crippen molar-refractivity contribution in [3.05, 3.63) is 23.8 Å². The maximum atomic E-state index is 5.36. The van der Waals surface area contributed by atoms with Crippen LogP contribution >= 0.6 is 0 Å². The molecule has 1 nitrogen and oxygen atoms in total. The summed E-state index contributed by atoms with van der Waals surface area (Å²) in [6, 6.07) is 0. The number of ether oxygens (including phenoxy) is 1. The maximum absolute atomic E-state index is 5.36. The van der Waals surface area contributed by atoms with Crippen LogP contribution in [0.5, 0.6) is 0 Å². The van der Waals surface area contributed by atoms with Gasteiger partial charge in [0.1, 0.15) is 0 Å². The van der Waals surface area contributed by atoms with Crippen LogP contribution in [0.4, 0.5) is 0 Å². The Kier molecular flexibility index (Phi) is 3.10. The zero-order chi connectivity index (χ0) is 9.14. The van der Waals surface area contributed by atoms with Gasteiger partial charge in [0.25, 0.3) is 0 Å². The number of allylic oxidation sites excluding steroid dienone is 2. The molecule has 0 fully saturated rings. The molecule has 68 valence electrons. The van der Waals surface area contributed by atoms with Crippen molar-refractivity contribution in [2.24, 2.45) is 11.8 Å². The van der Waals surface area contributed by atoms with Crippen molar-refractivity contribution in [3.63, 3.8) is 0 Å². The minimum absolute atomic E-state index is 0.271. The van der Waals surface area contributed by atoms with Gasteiger partial charge in [-0.25, -0.2) is 0 Å². The van der Waals surface area contributed by atoms with Crippen molar-refractivity contribution < 1.29 is 4.74 Å². The molecule has 0 radical (unpaired) electrons. The van der Waals surface area contributed by atoms with Crippen molar-refractivity contribution in [1.82, 2.24) is 0 Å². The van der Waals surface area contributed by atoms with Crippen LogP contribution in [0.3, 0.4) is 0 Å². The van der Waals surface area contributed by atoms with E-state index >= 15 is 0 Å². The molecule has 0 amide bonds. The predicted octanol–water partition coefficient (Wildman–Crippen LogP) is 2.79. The largest absolute Gasteiger partial charge is 0.377 e. The van der Waals surface area contributed by atoms with Crippen LogP contribution in [0.15, 0.2) is 23.8 Å². The van der Waals surface area contributed by atoms with E-state index in [1.165, 1.54) is 5.57 Å². The molecule has 1 aliphatic rings. The molecule has 1 heteroatoms. The van der Waals surface area contributed by atoms with Crippen molar-refractivity contribution in [2.75, 3.05) is 7.11 Å². The van der Waals surface area contributed by atoms with E-state index in [0.717, 1.165) is 0 Å². The third-order valence-electron chi connectivity index (χ3n) is 2.55. The van der Waals surface area contributed by atoms with E-state index in [1.807, 2.05) is 0 Å². The van der Waals surface area contributed by atoms with Gasteiger partial charge in [0.15, 0.2) is 0 Å². The van der Waals surface area contributed by atoms with Crippen LogP contribution in [0.1, 0.15) is 20.8 Å². The van der Waals surface area contributed by atoms with Crippen molar-refractivity contribution in [1.29, 1.82) is 0 Å². The third-order valence-corrected chi connectivity index (χ3v) is 2.55. The molecule has 0 bridgehead atoms. The molecule has 12 heavy (non-hydrogen) atoms. The normalized spacial score (nSPS) is 29.2. The van der Waals surface area contributed by atoms with E-state index in [2.05, 4.69) is 39.0 Å². The van der Waals surface area contributed by atoms with E-state index in [9.17, 15) is 0 Å². The summed E-state index contributed by atoms with van der Waals surface area (Å²) in [6.45, 7) is 6.69. The van der Waals surface area contributed by atoms with Crippen LogP contribution < -0.4 is 0 Å². The zero-order valence-electron chi connectivity index (χ0n) is 8.37. The molecular formula is C11H18O. The second-order valence-electron chi connectivity index (χ2n) is 3.70. The molecule has 0 aromatic rings. The molecule has 0 aliphatic heterocycles. The first-order chi connectivity index (χ1) is 5.66. The van der Waals surface area contributed by atoms with Gasteiger partial charge in [-0.05, 0) is 5.92 Å². The lowest BCUT2D eigenvalue weighted by Gasteiger charge is -2.27. The minimum Gasteiger partial charge on any atom is -0.377 e. The fourth-order valence-corrected chi connectivity index (χ4v) is 1.79. The highest BCUT2D eigenvalue weighted by atomic mass is 16.5. The molecule has 1 rings (SSSR count). The summed E-state index contributed by atoms with van der Waals surface area (Å²) in [5.41, 5.74) is 1.49. The lowest BCUT2D eigenvalue weighted by molar-refractivity contribution is 0.104. The van der Waals surface area contributed by atoms with E-state index in [-0.39, 0.29) is 6.10 Å². The Morgan fingerprint density at radius 1 is 1.42 bits per heavy atom. The minimum atomic E-state index is 0.271. The van der Waals surface area contributed by atoms with Crippen LogP contribution in [-0.4, -0.2) is 13.2 Å². The summed E-state index contributed by atoms with van der Waals surface area (Å²) in [5, 5.41) is 0. The van der Waals surface area contributed by atoms with Crippen LogP contribution in [0.2, 0.25) is 0 Å². The Morgan fingerprint density at radius 2 is 2.08 bits per heavy atom. The lowest BCUT2D eigenvalue weighted by atomic mass is 9.84. The van der Waals surface area contributed by atoms with Crippen LogP contribution in [0, 0.1) is 11.8 Å². The van der Waals surface area contributed by atoms with Crippen LogP contribution in [0.25, 0.3) is 0 Å². The topological polar surface area (TPSA) is 9.23 Å². The molecule has 0 aromatic heterocycles. The Balaban J connectivity index is 2.76. The van der Waals surface area contributed by atoms with Gasteiger partial charge in [0, 0.05) is 13.0 Å². The lowest BCUT2D eigenvalue weighted by Crippen LogP contribution is -2.23. The van der Waals surface area contributed by atoms with E-state index in [1.54, 1.807) is 7.11 Å². The molecule has 2 unspecified atom stereocenters. The van der Waals surface area contributed by atoms with Crippen LogP contribution in [-0.2, 0) is 4.74 Å². The maximum Gasteiger partial charge on any atom is 0.0817 e. The predicted molar refractivity (Wildman–Crippen MR) is 52.0 cm³/mol. The molecular weight excluding hydrogens is 148 g/mol. The smallest absolute Gasteiger partial charge is 0.0817 e. The summed E-state index contributed by atoms with van der Waals surface area (Å²) in [5.74, 6) is 1.16. The molecule has 0 N–H and O–H groups in total. The average molecular weight is 166 g/mol. The van der Waals surface area contributed by atoms with Crippen molar-refractivity contribution in [3.8, 4) is 0 Å². The first-order valence-electron chi connectivity index (χ1n) is 4.58. The van der Waals surface area contributed by atoms with E-state index in [0.29, 0.717) is 11.8 Å². The number of methoxy groups -OCH3 is 1. The highest BCUT2D eigenvalue weighted by Gasteiger charge is 2.21. The van der Waals surface area contributed by atoms with Gasteiger partial charge in [-0.15, -0.1) is 0 Å². The molecule has 0 spiro atoms. The highest BCUT2D eigenvalue weighted by molar-refractivity contribution is 5.24. The molecule has 0 aromatic carbocycles. The molecule has 0 saturated carbocycles. The Hall–Kier alpha value is -0.560. The standard InChI is InChI=1S/C11H18O/c1-8(2)10-6-5-7-11(12-4)9(10)3/h5-9,11H,1-4H3. The second kappa shape index (κ2) is 3.90. The summed E-state index contributed by atoms with van der Waals surface area (Å²) >= 11 is 0. The van der Waals surface area contributed by atoms with Gasteiger partial charge in [-0.2, -0.15) is 0 Å². The fraction of sp³-hybridized carbons (Fsp3) is 0.636. The van der Waals surface area contributed by atoms with Gasteiger partial charge in [0.05, 0.1) is 6.10 Å². The average Bonchev–Trinajstić information content (AvgIpc) is 2.04. The quantitative estimate of drug-likeness (QED) is 0.613. The van der Waals surface area contributed by atoms with Gasteiger partial charge in [-0.1, -0.05) is 44.6 Å². The SMILES string of the molecule is COC1C=CC=C(C(C)C)C1C. The summed E-state index contributed by atoms with van der Waals surface area (Å²) in [6.07, 6.45) is 6.71. The van der Waals surface area contributed by atoms with Gasteiger partial charge >= 0.3 is 0 Å². The van der Waals surface area contributed by atoms with E-state index in [4.69, 9.17) is 4.74 Å². The Bertz CT molecular complexity index is 201. The summed E-state index contributed by atoms with van der Waals surface area (Å²) in [7, 11) is 1.77. The Labute approximate surface area is 75.1 Å². The highest BCUT2D eigenvalue weighted by Crippen LogP contribution is 2.27. The van der Waals surface area contributed by atoms with Crippen molar-refractivity contribution in [2.45, 2.75) is 26.9 Å². The Morgan fingerprint density at radius 3 is 2.58 bits per heavy atom. The zero-order valence-corrected chi connectivity index (χ0v) is 8.37. The monoisotopic (exact) mass is 166 g/mol. The van der Waals surface area contributed by atoms with Crippen molar-refractivity contribution >= 4 is 0 Å². The van der Waals surface area contributed by atoms with Gasteiger partial charge in [0.2, 0.25) is 0 Å². The second-order valence-corrected chi connectivity index (χ2v) is 3.70. The molecule has 0 saturated heterocycles. The number of rotatable bonds is 2. The third kappa shape index (κ3) is 1.78. The fourth-order valence-electron chi connectivity index (χ4n) is 1.79. The first-order valence-corrected chi connectivity index (χ1v) is 4.58. The van der Waals surface area contributed by atoms with Gasteiger partial charge in [-0.3, -0.25) is 0 Å². The number of hydrogen-bond acceptors (Lipinski definition) is 1. The molecule has 1 aliphatic carbocycles. The summed E-state index contributed by atoms with van der Waals surface area (Å²) in [4.78, 5) is 0.